The molecule has 0 saturated carbocycles. The first-order chi connectivity index (χ1) is 33.1. The van der Waals surface area contributed by atoms with Crippen LogP contribution in [0.5, 0.6) is 51.7 Å². The molecule has 18 heteroatoms. The summed E-state index contributed by atoms with van der Waals surface area (Å²) < 4.78 is 90.1. The van der Waals surface area contributed by atoms with Crippen LogP contribution in [-0.4, -0.2) is 119 Å². The van der Waals surface area contributed by atoms with E-state index in [1.54, 1.807) is 0 Å². The van der Waals surface area contributed by atoms with Crippen LogP contribution in [0.1, 0.15) is 42.2 Å². The van der Waals surface area contributed by atoms with E-state index in [2.05, 4.69) is 0 Å². The molecular formula is C50H52O18. The van der Waals surface area contributed by atoms with Crippen molar-refractivity contribution >= 4 is 17.9 Å². The lowest BCUT2D eigenvalue weighted by molar-refractivity contribution is -0.304. The quantitative estimate of drug-likeness (QED) is 0.0692. The zero-order valence-corrected chi connectivity index (χ0v) is 38.9. The molecule has 1 saturated heterocycles. The Hall–Kier alpha value is -7.41. The summed E-state index contributed by atoms with van der Waals surface area (Å²) in [5.74, 6) is -2.04. The molecule has 5 aromatic carbocycles. The second-order valence-corrected chi connectivity index (χ2v) is 15.0. The number of benzene rings is 5. The van der Waals surface area contributed by atoms with E-state index >= 15 is 4.79 Å². The summed E-state index contributed by atoms with van der Waals surface area (Å²) in [4.78, 5) is 44.6. The van der Waals surface area contributed by atoms with E-state index in [0.717, 1.165) is 11.1 Å². The maximum atomic E-state index is 15.4. The molecule has 2 aliphatic rings. The van der Waals surface area contributed by atoms with Crippen molar-refractivity contribution in [3.05, 3.63) is 113 Å². The number of methoxy groups -OCH3 is 9. The third-order valence-corrected chi connectivity index (χ3v) is 11.3. The molecule has 0 N–H and O–H groups in total. The minimum atomic E-state index is -1.65. The van der Waals surface area contributed by atoms with Gasteiger partial charge in [-0.05, 0) is 35.4 Å². The number of fused-ring (bicyclic) bond motifs is 5. The molecule has 1 fully saturated rings. The van der Waals surface area contributed by atoms with Crippen molar-refractivity contribution in [3.8, 4) is 62.9 Å². The standard InChI is InChI=1S/C50H52O18/c1-54-32-20-29(21-33(55-2)39(32)58-5)47(51)68-50-46(64-25-28-18-14-11-15-19-28)45-42(63-24-27-16-12-10-13-17-27)36(66-50)26-65-48(52)30-22-34(56-3)40(59-6)43(61-8)37(30)38-31(49(53)67-45)23-35(57-4)41(60-7)44(38)62-9/h10-23,36,42,45-46,50H,24-26H2,1-9H3/t36-,42-,45+,46-,50+/m1/s1. The van der Waals surface area contributed by atoms with E-state index < -0.39 is 55.2 Å². The molecule has 360 valence electrons. The molecule has 18 nitrogen and oxygen atoms in total. The Bertz CT molecular complexity index is 2560. The number of esters is 3. The molecule has 5 aromatic rings. The maximum absolute atomic E-state index is 15.4. The number of hydrogen-bond acceptors (Lipinski definition) is 18. The summed E-state index contributed by atoms with van der Waals surface area (Å²) in [5.41, 5.74) is 1.08. The molecule has 0 radical (unpaired) electrons. The van der Waals surface area contributed by atoms with E-state index in [1.165, 1.54) is 88.3 Å². The van der Waals surface area contributed by atoms with Crippen LogP contribution in [-0.2, 0) is 41.6 Å². The molecule has 2 heterocycles. The van der Waals surface area contributed by atoms with Gasteiger partial charge < -0.3 is 71.1 Å². The first-order valence-electron chi connectivity index (χ1n) is 21.1. The molecular weight excluding hydrogens is 889 g/mol. The van der Waals surface area contributed by atoms with Gasteiger partial charge in [-0.3, -0.25) is 0 Å². The lowest BCUT2D eigenvalue weighted by Crippen LogP contribution is -2.62. The highest BCUT2D eigenvalue weighted by Gasteiger charge is 2.53. The van der Waals surface area contributed by atoms with Crippen LogP contribution in [0.25, 0.3) is 11.1 Å². The molecule has 7 rings (SSSR count). The monoisotopic (exact) mass is 940 g/mol. The minimum absolute atomic E-state index is 0.00235. The fourth-order valence-corrected chi connectivity index (χ4v) is 8.08. The van der Waals surface area contributed by atoms with E-state index in [-0.39, 0.29) is 92.8 Å². The van der Waals surface area contributed by atoms with E-state index in [1.807, 2.05) is 60.7 Å². The Morgan fingerprint density at radius 3 is 1.43 bits per heavy atom. The van der Waals surface area contributed by atoms with Crippen LogP contribution in [0.4, 0.5) is 0 Å². The van der Waals surface area contributed by atoms with Crippen molar-refractivity contribution in [1.29, 1.82) is 0 Å². The second-order valence-electron chi connectivity index (χ2n) is 15.0. The Morgan fingerprint density at radius 2 is 0.971 bits per heavy atom. The molecule has 0 amide bonds. The summed E-state index contributed by atoms with van der Waals surface area (Å²) in [6.07, 6.45) is -7.09. The lowest BCUT2D eigenvalue weighted by atomic mass is 9.91. The fraction of sp³-hybridized carbons (Fsp3) is 0.340. The first-order valence-corrected chi connectivity index (χ1v) is 21.1. The molecule has 68 heavy (non-hydrogen) atoms. The number of carbonyl (C=O) groups excluding carboxylic acids is 3. The van der Waals surface area contributed by atoms with Gasteiger partial charge in [0.25, 0.3) is 0 Å². The predicted octanol–water partition coefficient (Wildman–Crippen LogP) is 6.88. The molecule has 0 aromatic heterocycles. The van der Waals surface area contributed by atoms with Gasteiger partial charge in [0.15, 0.2) is 46.7 Å². The average molecular weight is 941 g/mol. The third kappa shape index (κ3) is 9.69. The summed E-state index contributed by atoms with van der Waals surface area (Å²) in [5, 5.41) is 0. The molecule has 0 unspecified atom stereocenters. The van der Waals surface area contributed by atoms with Crippen molar-refractivity contribution in [2.24, 2.45) is 0 Å². The van der Waals surface area contributed by atoms with E-state index in [4.69, 9.17) is 71.1 Å². The first kappa shape index (κ1) is 48.5. The van der Waals surface area contributed by atoms with E-state index in [0.29, 0.717) is 0 Å². The minimum Gasteiger partial charge on any atom is -0.493 e. The average Bonchev–Trinajstić information content (AvgIpc) is 3.37. The summed E-state index contributed by atoms with van der Waals surface area (Å²) >= 11 is 0. The van der Waals surface area contributed by atoms with Gasteiger partial charge in [-0.15, -0.1) is 0 Å². The zero-order chi connectivity index (χ0) is 48.5. The number of carbonyl (C=O) groups is 3. The second kappa shape index (κ2) is 21.9. The highest BCUT2D eigenvalue weighted by Crippen LogP contribution is 2.55. The van der Waals surface area contributed by atoms with Crippen LogP contribution in [0.15, 0.2) is 84.9 Å². The Kier molecular flexibility index (Phi) is 15.6. The van der Waals surface area contributed by atoms with Gasteiger partial charge in [-0.25, -0.2) is 14.4 Å². The zero-order valence-electron chi connectivity index (χ0n) is 38.9. The van der Waals surface area contributed by atoms with Crippen molar-refractivity contribution in [2.75, 3.05) is 70.6 Å². The molecule has 0 aliphatic carbocycles. The van der Waals surface area contributed by atoms with Crippen LogP contribution >= 0.6 is 0 Å². The predicted molar refractivity (Wildman–Crippen MR) is 241 cm³/mol. The number of hydrogen-bond donors (Lipinski definition) is 0. The van der Waals surface area contributed by atoms with E-state index in [9.17, 15) is 9.59 Å². The van der Waals surface area contributed by atoms with Gasteiger partial charge in [-0.2, -0.15) is 0 Å². The fourth-order valence-electron chi connectivity index (χ4n) is 8.08. The number of cyclic esters (lactones) is 1. The molecule has 0 spiro atoms. The van der Waals surface area contributed by atoms with Crippen LogP contribution in [0, 0.1) is 0 Å². The van der Waals surface area contributed by atoms with Gasteiger partial charge in [0, 0.05) is 11.1 Å². The smallest absolute Gasteiger partial charge is 0.340 e. The SMILES string of the molecule is COc1cc(C(=O)O[C@@H]2O[C@@H]3COC(=O)c4cc(OC)c(OC)c(OC)c4-c4c(cc(OC)c(OC)c4OC)C(=O)O[C@H]([C@H]2OCc2ccccc2)[C@@H]3OCc2ccccc2)cc(OC)c1OC. The Balaban J connectivity index is 1.46. The van der Waals surface area contributed by atoms with Gasteiger partial charge >= 0.3 is 17.9 Å². The number of rotatable bonds is 17. The topological polar surface area (TPSA) is 190 Å². The lowest BCUT2D eigenvalue weighted by Gasteiger charge is -2.45. The van der Waals surface area contributed by atoms with Crippen LogP contribution in [0.2, 0.25) is 0 Å². The third-order valence-electron chi connectivity index (χ3n) is 11.3. The summed E-state index contributed by atoms with van der Waals surface area (Å²) in [6, 6.07) is 23.9. The Morgan fingerprint density at radius 1 is 0.529 bits per heavy atom. The normalized spacial score (nSPS) is 18.7. The maximum Gasteiger partial charge on any atom is 0.340 e. The van der Waals surface area contributed by atoms with Crippen LogP contribution < -0.4 is 42.6 Å². The van der Waals surface area contributed by atoms with Crippen molar-refractivity contribution < 1.29 is 85.4 Å². The highest BCUT2D eigenvalue weighted by atomic mass is 16.7. The van der Waals surface area contributed by atoms with Gasteiger partial charge in [0.05, 0.1) is 93.9 Å². The van der Waals surface area contributed by atoms with Gasteiger partial charge in [0.1, 0.15) is 18.8 Å². The molecule has 2 aliphatic heterocycles. The number of ether oxygens (including phenoxy) is 15. The summed E-state index contributed by atoms with van der Waals surface area (Å²) in [6.45, 7) is -0.642. The Labute approximate surface area is 392 Å². The van der Waals surface area contributed by atoms with Crippen molar-refractivity contribution in [1.82, 2.24) is 0 Å². The summed E-state index contributed by atoms with van der Waals surface area (Å²) in [7, 11) is 12.5. The molecule has 5 atom stereocenters. The van der Waals surface area contributed by atoms with Gasteiger partial charge in [-0.1, -0.05) is 60.7 Å². The largest absolute Gasteiger partial charge is 0.493 e. The highest BCUT2D eigenvalue weighted by molar-refractivity contribution is 6.08. The molecule has 2 bridgehead atoms. The van der Waals surface area contributed by atoms with Crippen LogP contribution in [0.3, 0.4) is 0 Å². The van der Waals surface area contributed by atoms with Crippen molar-refractivity contribution in [2.45, 2.75) is 43.9 Å². The van der Waals surface area contributed by atoms with Crippen molar-refractivity contribution in [3.63, 3.8) is 0 Å². The van der Waals surface area contributed by atoms with Gasteiger partial charge in [0.2, 0.25) is 23.5 Å².